The Labute approximate surface area is 137 Å². The maximum Gasteiger partial charge on any atom is 0.259 e. The van der Waals surface area contributed by atoms with Gasteiger partial charge in [-0.15, -0.1) is 10.2 Å². The normalized spacial score (nSPS) is 10.2. The molecule has 2 aromatic carbocycles. The van der Waals surface area contributed by atoms with Crippen LogP contribution in [0.3, 0.4) is 0 Å². The lowest BCUT2D eigenvalue weighted by molar-refractivity contribution is 0.102. The highest BCUT2D eigenvalue weighted by atomic mass is 16.5. The van der Waals surface area contributed by atoms with Crippen LogP contribution in [0.25, 0.3) is 11.4 Å². The van der Waals surface area contributed by atoms with Crippen LogP contribution in [-0.2, 0) is 0 Å². The fourth-order valence-electron chi connectivity index (χ4n) is 2.28. The highest BCUT2D eigenvalue weighted by Gasteiger charge is 2.16. The number of hydrogen-bond acceptors (Lipinski definition) is 6. The number of tetrazole rings is 1. The van der Waals surface area contributed by atoms with Crippen LogP contribution in [-0.4, -0.2) is 40.8 Å². The van der Waals surface area contributed by atoms with Crippen LogP contribution in [0.15, 0.2) is 42.5 Å². The van der Waals surface area contributed by atoms with Gasteiger partial charge in [0.15, 0.2) is 11.5 Å². The number of aromatic nitrogens is 4. The second-order valence-corrected chi connectivity index (χ2v) is 4.81. The van der Waals surface area contributed by atoms with Crippen molar-refractivity contribution in [2.24, 2.45) is 0 Å². The van der Waals surface area contributed by atoms with E-state index < -0.39 is 0 Å². The molecule has 0 fully saturated rings. The fourth-order valence-corrected chi connectivity index (χ4v) is 2.28. The maximum atomic E-state index is 12.6. The standard InChI is InChI=1S/C16H15N5O3/c1-23-13-8-4-7-12(14(13)24-2)16(22)17-11-6-3-5-10(9-11)15-18-20-21-19-15/h3-9H,1-2H3,(H,17,22)(H,18,19,20,21). The predicted molar refractivity (Wildman–Crippen MR) is 87.1 cm³/mol. The molecule has 0 aliphatic carbocycles. The van der Waals surface area contributed by atoms with E-state index in [9.17, 15) is 4.79 Å². The minimum absolute atomic E-state index is 0.309. The molecule has 1 amide bonds. The quantitative estimate of drug-likeness (QED) is 0.745. The summed E-state index contributed by atoms with van der Waals surface area (Å²) in [6.45, 7) is 0. The van der Waals surface area contributed by atoms with Crippen LogP contribution < -0.4 is 14.8 Å². The van der Waals surface area contributed by atoms with Gasteiger partial charge in [0.25, 0.3) is 5.91 Å². The van der Waals surface area contributed by atoms with Crippen molar-refractivity contribution >= 4 is 11.6 Å². The minimum Gasteiger partial charge on any atom is -0.493 e. The molecular weight excluding hydrogens is 310 g/mol. The van der Waals surface area contributed by atoms with Gasteiger partial charge < -0.3 is 14.8 Å². The first kappa shape index (κ1) is 15.5. The van der Waals surface area contributed by atoms with E-state index in [-0.39, 0.29) is 5.91 Å². The van der Waals surface area contributed by atoms with Crippen LogP contribution >= 0.6 is 0 Å². The molecule has 0 atom stereocenters. The Bertz CT molecular complexity index is 849. The molecule has 0 radical (unpaired) electrons. The van der Waals surface area contributed by atoms with Gasteiger partial charge in [-0.1, -0.05) is 18.2 Å². The van der Waals surface area contributed by atoms with Gasteiger partial charge in [0.2, 0.25) is 5.82 Å². The first-order valence-electron chi connectivity index (χ1n) is 7.09. The van der Waals surface area contributed by atoms with E-state index in [1.165, 1.54) is 14.2 Å². The van der Waals surface area contributed by atoms with Crippen molar-refractivity contribution in [1.82, 2.24) is 20.6 Å². The molecule has 1 heterocycles. The second kappa shape index (κ2) is 6.78. The van der Waals surface area contributed by atoms with E-state index in [4.69, 9.17) is 9.47 Å². The van der Waals surface area contributed by atoms with E-state index >= 15 is 0 Å². The summed E-state index contributed by atoms with van der Waals surface area (Å²) in [7, 11) is 3.01. The molecule has 1 aromatic heterocycles. The molecule has 8 heteroatoms. The van der Waals surface area contributed by atoms with Crippen LogP contribution in [0.4, 0.5) is 5.69 Å². The largest absolute Gasteiger partial charge is 0.493 e. The van der Waals surface area contributed by atoms with Gasteiger partial charge in [0.1, 0.15) is 0 Å². The average molecular weight is 325 g/mol. The van der Waals surface area contributed by atoms with E-state index in [2.05, 4.69) is 25.9 Å². The molecular formula is C16H15N5O3. The second-order valence-electron chi connectivity index (χ2n) is 4.81. The molecule has 0 saturated carbocycles. The van der Waals surface area contributed by atoms with Gasteiger partial charge in [-0.25, -0.2) is 0 Å². The van der Waals surface area contributed by atoms with Gasteiger partial charge in [-0.3, -0.25) is 4.79 Å². The van der Waals surface area contributed by atoms with Crippen LogP contribution in [0.1, 0.15) is 10.4 Å². The number of anilines is 1. The number of H-pyrrole nitrogens is 1. The third-order valence-electron chi connectivity index (χ3n) is 3.37. The summed E-state index contributed by atoms with van der Waals surface area (Å²) >= 11 is 0. The van der Waals surface area contributed by atoms with Crippen molar-refractivity contribution in [1.29, 1.82) is 0 Å². The molecule has 3 rings (SSSR count). The molecule has 0 saturated heterocycles. The van der Waals surface area contributed by atoms with Crippen molar-refractivity contribution < 1.29 is 14.3 Å². The van der Waals surface area contributed by atoms with Gasteiger partial charge >= 0.3 is 0 Å². The molecule has 3 aromatic rings. The van der Waals surface area contributed by atoms with E-state index in [1.54, 1.807) is 36.4 Å². The Kier molecular flexibility index (Phi) is 4.37. The van der Waals surface area contributed by atoms with Crippen molar-refractivity contribution in [3.05, 3.63) is 48.0 Å². The highest BCUT2D eigenvalue weighted by Crippen LogP contribution is 2.31. The number of carbonyl (C=O) groups is 1. The lowest BCUT2D eigenvalue weighted by atomic mass is 10.1. The summed E-state index contributed by atoms with van der Waals surface area (Å²) in [5, 5.41) is 16.6. The van der Waals surface area contributed by atoms with Gasteiger partial charge in [-0.2, -0.15) is 5.21 Å². The van der Waals surface area contributed by atoms with Crippen molar-refractivity contribution in [2.45, 2.75) is 0 Å². The van der Waals surface area contributed by atoms with E-state index in [1.807, 2.05) is 6.07 Å². The van der Waals surface area contributed by atoms with E-state index in [0.29, 0.717) is 28.6 Å². The van der Waals surface area contributed by atoms with Crippen LogP contribution in [0.2, 0.25) is 0 Å². The molecule has 0 unspecified atom stereocenters. The van der Waals surface area contributed by atoms with Gasteiger partial charge in [0.05, 0.1) is 19.8 Å². The number of benzene rings is 2. The first-order valence-corrected chi connectivity index (χ1v) is 7.09. The zero-order valence-electron chi connectivity index (χ0n) is 13.1. The van der Waals surface area contributed by atoms with Crippen LogP contribution in [0, 0.1) is 0 Å². The number of hydrogen-bond donors (Lipinski definition) is 2. The van der Waals surface area contributed by atoms with Crippen molar-refractivity contribution in [3.63, 3.8) is 0 Å². The molecule has 0 spiro atoms. The number of ether oxygens (including phenoxy) is 2. The zero-order chi connectivity index (χ0) is 16.9. The number of carbonyl (C=O) groups excluding carboxylic acids is 1. The lowest BCUT2D eigenvalue weighted by Crippen LogP contribution is -2.13. The molecule has 0 bridgehead atoms. The number of methoxy groups -OCH3 is 2. The summed E-state index contributed by atoms with van der Waals surface area (Å²) in [4.78, 5) is 12.6. The maximum absolute atomic E-state index is 12.6. The number of amides is 1. The monoisotopic (exact) mass is 325 g/mol. The highest BCUT2D eigenvalue weighted by molar-refractivity contribution is 6.06. The predicted octanol–water partition coefficient (Wildman–Crippen LogP) is 2.14. The number of para-hydroxylation sites is 1. The number of nitrogens with one attached hydrogen (secondary N) is 2. The Hall–Kier alpha value is -3.42. The molecule has 0 aliphatic rings. The minimum atomic E-state index is -0.309. The number of nitrogens with zero attached hydrogens (tertiary/aromatic N) is 3. The third kappa shape index (κ3) is 3.02. The third-order valence-corrected chi connectivity index (χ3v) is 3.37. The summed E-state index contributed by atoms with van der Waals surface area (Å²) in [5.74, 6) is 1.01. The SMILES string of the molecule is COc1cccc(C(=O)Nc2cccc(-c3nn[nH]n3)c2)c1OC. The molecule has 8 nitrogen and oxygen atoms in total. The summed E-state index contributed by atoms with van der Waals surface area (Å²) in [5.41, 5.74) is 1.72. The van der Waals surface area contributed by atoms with Crippen LogP contribution in [0.5, 0.6) is 11.5 Å². The Balaban J connectivity index is 1.87. The molecule has 2 N–H and O–H groups in total. The lowest BCUT2D eigenvalue weighted by Gasteiger charge is -2.12. The number of aromatic amines is 1. The zero-order valence-corrected chi connectivity index (χ0v) is 13.1. The summed E-state index contributed by atoms with van der Waals surface area (Å²) < 4.78 is 10.5. The average Bonchev–Trinajstić information content (AvgIpc) is 3.15. The Morgan fingerprint density at radius 3 is 2.67 bits per heavy atom. The summed E-state index contributed by atoms with van der Waals surface area (Å²) in [6, 6.07) is 12.3. The smallest absolute Gasteiger partial charge is 0.259 e. The van der Waals surface area contributed by atoms with Gasteiger partial charge in [-0.05, 0) is 29.5 Å². The Morgan fingerprint density at radius 1 is 1.12 bits per heavy atom. The van der Waals surface area contributed by atoms with E-state index in [0.717, 1.165) is 5.56 Å². The molecule has 0 aliphatic heterocycles. The Morgan fingerprint density at radius 2 is 1.96 bits per heavy atom. The van der Waals surface area contributed by atoms with Crippen molar-refractivity contribution in [2.75, 3.05) is 19.5 Å². The summed E-state index contributed by atoms with van der Waals surface area (Å²) in [6.07, 6.45) is 0. The number of rotatable bonds is 5. The van der Waals surface area contributed by atoms with Gasteiger partial charge in [0, 0.05) is 11.3 Å². The topological polar surface area (TPSA) is 102 Å². The molecule has 24 heavy (non-hydrogen) atoms. The fraction of sp³-hybridized carbons (Fsp3) is 0.125. The molecule has 122 valence electrons. The van der Waals surface area contributed by atoms with Crippen molar-refractivity contribution in [3.8, 4) is 22.9 Å². The first-order chi connectivity index (χ1) is 11.7.